The molecule has 3 rings (SSSR count). The lowest BCUT2D eigenvalue weighted by molar-refractivity contribution is -0.113. The van der Waals surface area contributed by atoms with Crippen molar-refractivity contribution in [2.75, 3.05) is 11.1 Å². The second-order valence-corrected chi connectivity index (χ2v) is 8.56. The van der Waals surface area contributed by atoms with E-state index < -0.39 is 0 Å². The number of carbonyl (C=O) groups excluding carboxylic acids is 1. The number of ether oxygens (including phenoxy) is 1. The van der Waals surface area contributed by atoms with Gasteiger partial charge in [-0.15, -0.1) is 10.2 Å². The molecule has 1 aromatic carbocycles. The van der Waals surface area contributed by atoms with Crippen LogP contribution in [0.4, 0.5) is 5.82 Å². The Morgan fingerprint density at radius 3 is 2.86 bits per heavy atom. The minimum absolute atomic E-state index is 0.176. The van der Waals surface area contributed by atoms with E-state index in [1.165, 1.54) is 11.8 Å². The lowest BCUT2D eigenvalue weighted by Gasteiger charge is -2.15. The lowest BCUT2D eigenvalue weighted by Crippen LogP contribution is -2.15. The quantitative estimate of drug-likeness (QED) is 0.473. The summed E-state index contributed by atoms with van der Waals surface area (Å²) in [5.41, 5.74) is 1.05. The predicted octanol–water partition coefficient (Wildman–Crippen LogP) is 4.81. The van der Waals surface area contributed by atoms with Crippen LogP contribution in [0.2, 0.25) is 5.02 Å². The standard InChI is InChI=1S/C19H19BrClN5O2S/c1-11-4-6-14(21)15(8-11)28-12(2)18-24-25-19(26(18)3)29-10-17(27)23-16-7-5-13(20)9-22-16/h4-9,12H,10H2,1-3H3,(H,22,23,27). The van der Waals surface area contributed by atoms with Crippen molar-refractivity contribution >= 4 is 51.0 Å². The molecule has 0 aliphatic rings. The van der Waals surface area contributed by atoms with Crippen molar-refractivity contribution in [3.8, 4) is 5.75 Å². The fraction of sp³-hybridized carbons (Fsp3) is 0.263. The molecule has 0 aliphatic heterocycles. The smallest absolute Gasteiger partial charge is 0.236 e. The zero-order chi connectivity index (χ0) is 21.0. The maximum Gasteiger partial charge on any atom is 0.236 e. The molecule has 1 N–H and O–H groups in total. The van der Waals surface area contributed by atoms with Crippen LogP contribution in [0.25, 0.3) is 0 Å². The number of hydrogen-bond acceptors (Lipinski definition) is 6. The molecule has 3 aromatic rings. The number of nitrogens with one attached hydrogen (secondary N) is 1. The maximum absolute atomic E-state index is 12.2. The van der Waals surface area contributed by atoms with Gasteiger partial charge >= 0.3 is 0 Å². The van der Waals surface area contributed by atoms with Crippen LogP contribution in [0.1, 0.15) is 24.4 Å². The molecule has 0 bridgehead atoms. The Balaban J connectivity index is 1.60. The van der Waals surface area contributed by atoms with Gasteiger partial charge < -0.3 is 14.6 Å². The van der Waals surface area contributed by atoms with E-state index in [2.05, 4.69) is 36.4 Å². The second-order valence-electron chi connectivity index (χ2n) is 6.29. The zero-order valence-electron chi connectivity index (χ0n) is 16.0. The first-order valence-corrected chi connectivity index (χ1v) is 10.9. The number of rotatable bonds is 7. The Bertz CT molecular complexity index is 1010. The van der Waals surface area contributed by atoms with Crippen LogP contribution < -0.4 is 10.1 Å². The second kappa shape index (κ2) is 9.60. The average Bonchev–Trinajstić information content (AvgIpc) is 3.05. The number of thioether (sulfide) groups is 1. The Morgan fingerprint density at radius 1 is 1.34 bits per heavy atom. The Kier molecular flexibility index (Phi) is 7.15. The number of benzene rings is 1. The Morgan fingerprint density at radius 2 is 2.14 bits per heavy atom. The summed E-state index contributed by atoms with van der Waals surface area (Å²) in [6.07, 6.45) is 1.27. The number of amides is 1. The van der Waals surface area contributed by atoms with Gasteiger partial charge in [0, 0.05) is 17.7 Å². The third-order valence-electron chi connectivity index (χ3n) is 3.95. The molecule has 0 fully saturated rings. The largest absolute Gasteiger partial charge is 0.481 e. The van der Waals surface area contributed by atoms with Gasteiger partial charge in [0.15, 0.2) is 17.1 Å². The van der Waals surface area contributed by atoms with Crippen molar-refractivity contribution in [3.05, 3.63) is 57.4 Å². The molecule has 1 amide bonds. The predicted molar refractivity (Wildman–Crippen MR) is 118 cm³/mol. The molecule has 29 heavy (non-hydrogen) atoms. The monoisotopic (exact) mass is 495 g/mol. The van der Waals surface area contributed by atoms with Crippen LogP contribution in [0.15, 0.2) is 46.2 Å². The highest BCUT2D eigenvalue weighted by Crippen LogP contribution is 2.30. The summed E-state index contributed by atoms with van der Waals surface area (Å²) < 4.78 is 8.62. The molecule has 0 saturated carbocycles. The van der Waals surface area contributed by atoms with E-state index in [1.54, 1.807) is 18.3 Å². The zero-order valence-corrected chi connectivity index (χ0v) is 19.2. The van der Waals surface area contributed by atoms with Crippen molar-refractivity contribution in [1.82, 2.24) is 19.7 Å². The average molecular weight is 497 g/mol. The van der Waals surface area contributed by atoms with E-state index in [0.29, 0.717) is 27.6 Å². The fourth-order valence-corrected chi connectivity index (χ4v) is 3.62. The summed E-state index contributed by atoms with van der Waals surface area (Å²) in [5, 5.41) is 12.3. The third kappa shape index (κ3) is 5.71. The highest BCUT2D eigenvalue weighted by atomic mass is 79.9. The first kappa shape index (κ1) is 21.6. The molecular formula is C19H19BrClN5O2S. The van der Waals surface area contributed by atoms with Crippen LogP contribution in [0.3, 0.4) is 0 Å². The van der Waals surface area contributed by atoms with Crippen LogP contribution in [-0.4, -0.2) is 31.4 Å². The first-order chi connectivity index (χ1) is 13.8. The van der Waals surface area contributed by atoms with Crippen LogP contribution in [0.5, 0.6) is 5.75 Å². The minimum atomic E-state index is -0.359. The van der Waals surface area contributed by atoms with E-state index in [1.807, 2.05) is 43.7 Å². The van der Waals surface area contributed by atoms with Gasteiger partial charge in [-0.2, -0.15) is 0 Å². The van der Waals surface area contributed by atoms with Crippen LogP contribution >= 0.6 is 39.3 Å². The molecule has 2 aromatic heterocycles. The number of anilines is 1. The number of hydrogen-bond donors (Lipinski definition) is 1. The van der Waals surface area contributed by atoms with E-state index >= 15 is 0 Å². The fourth-order valence-electron chi connectivity index (χ4n) is 2.51. The van der Waals surface area contributed by atoms with E-state index in [0.717, 1.165) is 10.0 Å². The van der Waals surface area contributed by atoms with Crippen molar-refractivity contribution in [3.63, 3.8) is 0 Å². The van der Waals surface area contributed by atoms with Crippen LogP contribution in [-0.2, 0) is 11.8 Å². The van der Waals surface area contributed by atoms with Gasteiger partial charge in [0.1, 0.15) is 11.6 Å². The molecule has 0 saturated heterocycles. The van der Waals surface area contributed by atoms with Gasteiger partial charge in [-0.25, -0.2) is 4.98 Å². The van der Waals surface area contributed by atoms with E-state index in [-0.39, 0.29) is 17.8 Å². The molecule has 2 heterocycles. The normalized spacial score (nSPS) is 11.9. The SMILES string of the molecule is Cc1ccc(Cl)c(OC(C)c2nnc(SCC(=O)Nc3ccc(Br)cn3)n2C)c1. The molecule has 10 heteroatoms. The summed E-state index contributed by atoms with van der Waals surface area (Å²) in [4.78, 5) is 16.3. The Hall–Kier alpha value is -2.10. The molecule has 0 radical (unpaired) electrons. The van der Waals surface area contributed by atoms with Crippen molar-refractivity contribution in [2.45, 2.75) is 25.1 Å². The molecule has 0 aliphatic carbocycles. The molecule has 1 atom stereocenters. The number of aryl methyl sites for hydroxylation is 1. The molecule has 152 valence electrons. The lowest BCUT2D eigenvalue weighted by atomic mass is 10.2. The highest BCUT2D eigenvalue weighted by Gasteiger charge is 2.19. The van der Waals surface area contributed by atoms with E-state index in [9.17, 15) is 4.79 Å². The number of pyridine rings is 1. The number of nitrogens with zero attached hydrogens (tertiary/aromatic N) is 4. The van der Waals surface area contributed by atoms with Crippen molar-refractivity contribution in [2.24, 2.45) is 7.05 Å². The first-order valence-electron chi connectivity index (χ1n) is 8.70. The van der Waals surface area contributed by atoms with Gasteiger partial charge in [0.05, 0.1) is 10.8 Å². The molecule has 1 unspecified atom stereocenters. The topological polar surface area (TPSA) is 81.9 Å². The summed E-state index contributed by atoms with van der Waals surface area (Å²) in [6, 6.07) is 9.14. The van der Waals surface area contributed by atoms with Gasteiger partial charge in [-0.05, 0) is 59.6 Å². The van der Waals surface area contributed by atoms with Gasteiger partial charge in [-0.1, -0.05) is 29.4 Å². The van der Waals surface area contributed by atoms with Gasteiger partial charge in [-0.3, -0.25) is 4.79 Å². The minimum Gasteiger partial charge on any atom is -0.481 e. The number of aromatic nitrogens is 4. The van der Waals surface area contributed by atoms with Crippen molar-refractivity contribution in [1.29, 1.82) is 0 Å². The summed E-state index contributed by atoms with van der Waals surface area (Å²) in [5.74, 6) is 1.74. The summed E-state index contributed by atoms with van der Waals surface area (Å²) in [6.45, 7) is 3.85. The van der Waals surface area contributed by atoms with Crippen molar-refractivity contribution < 1.29 is 9.53 Å². The third-order valence-corrected chi connectivity index (χ3v) is 5.75. The van der Waals surface area contributed by atoms with Crippen LogP contribution in [0, 0.1) is 6.92 Å². The molecule has 0 spiro atoms. The van der Waals surface area contributed by atoms with E-state index in [4.69, 9.17) is 16.3 Å². The Labute approximate surface area is 186 Å². The highest BCUT2D eigenvalue weighted by molar-refractivity contribution is 9.10. The van der Waals surface area contributed by atoms with Gasteiger partial charge in [0.2, 0.25) is 5.91 Å². The number of halogens is 2. The maximum atomic E-state index is 12.2. The molecular weight excluding hydrogens is 478 g/mol. The summed E-state index contributed by atoms with van der Waals surface area (Å²) in [7, 11) is 1.84. The summed E-state index contributed by atoms with van der Waals surface area (Å²) >= 11 is 10.8. The van der Waals surface area contributed by atoms with Gasteiger partial charge in [0.25, 0.3) is 0 Å². The molecule has 7 nitrogen and oxygen atoms in total. The number of carbonyl (C=O) groups is 1.